The van der Waals surface area contributed by atoms with E-state index in [4.69, 9.17) is 23.7 Å². The van der Waals surface area contributed by atoms with Gasteiger partial charge in [-0.15, -0.1) is 0 Å². The second kappa shape index (κ2) is 10.7. The van der Waals surface area contributed by atoms with Gasteiger partial charge < -0.3 is 23.7 Å². The Morgan fingerprint density at radius 3 is 2.33 bits per heavy atom. The molecule has 0 N–H and O–H groups in total. The van der Waals surface area contributed by atoms with Crippen LogP contribution in [0.25, 0.3) is 0 Å². The number of epoxide rings is 1. The van der Waals surface area contributed by atoms with E-state index in [2.05, 4.69) is 27.7 Å². The van der Waals surface area contributed by atoms with Crippen molar-refractivity contribution in [2.75, 3.05) is 46.2 Å². The number of hydrogen-bond donors (Lipinski definition) is 0. The van der Waals surface area contributed by atoms with Crippen LogP contribution in [-0.4, -0.2) is 63.6 Å². The fraction of sp³-hybridized carbons (Fsp3) is 1.00. The molecule has 0 aliphatic carbocycles. The Morgan fingerprint density at radius 1 is 1.00 bits per heavy atom. The highest BCUT2D eigenvalue weighted by atomic mass is 16.6. The first-order valence-electron chi connectivity index (χ1n) is 9.29. The predicted octanol–water partition coefficient (Wildman–Crippen LogP) is 3.45. The summed E-state index contributed by atoms with van der Waals surface area (Å²) in [7, 11) is 0. The second-order valence-electron chi connectivity index (χ2n) is 8.03. The Morgan fingerprint density at radius 2 is 1.71 bits per heavy atom. The Kier molecular flexibility index (Phi) is 9.75. The van der Waals surface area contributed by atoms with Gasteiger partial charge >= 0.3 is 0 Å². The number of hydrogen-bond acceptors (Lipinski definition) is 5. The van der Waals surface area contributed by atoms with Crippen molar-refractivity contribution in [3.63, 3.8) is 0 Å². The van der Waals surface area contributed by atoms with Gasteiger partial charge in [0.2, 0.25) is 0 Å². The molecule has 1 fully saturated rings. The maximum absolute atomic E-state index is 6.07. The molecule has 1 rings (SSSR count). The molecule has 2 atom stereocenters. The largest absolute Gasteiger partial charge is 0.381 e. The third-order valence-electron chi connectivity index (χ3n) is 4.18. The van der Waals surface area contributed by atoms with E-state index in [1.807, 2.05) is 13.8 Å². The minimum Gasteiger partial charge on any atom is -0.381 e. The van der Waals surface area contributed by atoms with Crippen LogP contribution in [0.3, 0.4) is 0 Å². The fourth-order valence-corrected chi connectivity index (χ4v) is 1.96. The first kappa shape index (κ1) is 21.8. The van der Waals surface area contributed by atoms with E-state index in [0.29, 0.717) is 38.4 Å². The van der Waals surface area contributed by atoms with Crippen molar-refractivity contribution in [3.05, 3.63) is 0 Å². The van der Waals surface area contributed by atoms with Crippen LogP contribution in [0.4, 0.5) is 0 Å². The summed E-state index contributed by atoms with van der Waals surface area (Å²) in [5, 5.41) is 0. The van der Waals surface area contributed by atoms with Crippen molar-refractivity contribution >= 4 is 0 Å². The summed E-state index contributed by atoms with van der Waals surface area (Å²) in [4.78, 5) is 0. The van der Waals surface area contributed by atoms with E-state index < -0.39 is 0 Å². The minimum absolute atomic E-state index is 0.212. The van der Waals surface area contributed by atoms with E-state index in [1.165, 1.54) is 0 Å². The quantitative estimate of drug-likeness (QED) is 0.336. The van der Waals surface area contributed by atoms with Gasteiger partial charge in [0.15, 0.2) is 0 Å². The molecule has 1 aliphatic rings. The van der Waals surface area contributed by atoms with Crippen LogP contribution in [0.15, 0.2) is 0 Å². The van der Waals surface area contributed by atoms with Crippen molar-refractivity contribution in [1.29, 1.82) is 0 Å². The average Bonchev–Trinajstić information content (AvgIpc) is 3.33. The minimum atomic E-state index is -0.325. The first-order chi connectivity index (χ1) is 11.2. The molecular weight excluding hydrogens is 308 g/mol. The third-order valence-corrected chi connectivity index (χ3v) is 4.18. The summed E-state index contributed by atoms with van der Waals surface area (Å²) in [5.41, 5.74) is -0.538. The van der Waals surface area contributed by atoms with Gasteiger partial charge in [-0.05, 0) is 40.0 Å². The second-order valence-corrected chi connectivity index (χ2v) is 8.03. The van der Waals surface area contributed by atoms with Crippen molar-refractivity contribution in [3.8, 4) is 0 Å². The summed E-state index contributed by atoms with van der Waals surface area (Å²) in [5.74, 6) is 0.620. The molecule has 0 amide bonds. The Hall–Kier alpha value is -0.200. The number of ether oxygens (including phenoxy) is 5. The van der Waals surface area contributed by atoms with Crippen molar-refractivity contribution in [2.45, 2.75) is 71.7 Å². The van der Waals surface area contributed by atoms with Crippen LogP contribution in [-0.2, 0) is 23.7 Å². The van der Waals surface area contributed by atoms with E-state index in [-0.39, 0.29) is 11.2 Å². The molecular formula is C19H38O5. The Balaban J connectivity index is 2.08. The van der Waals surface area contributed by atoms with Crippen molar-refractivity contribution < 1.29 is 23.7 Å². The van der Waals surface area contributed by atoms with Gasteiger partial charge in [0.05, 0.1) is 44.2 Å². The molecule has 0 spiro atoms. The van der Waals surface area contributed by atoms with Crippen LogP contribution in [0.5, 0.6) is 0 Å². The summed E-state index contributed by atoms with van der Waals surface area (Å²) >= 11 is 0. The monoisotopic (exact) mass is 346 g/mol. The lowest BCUT2D eigenvalue weighted by Gasteiger charge is -2.32. The molecule has 0 aromatic carbocycles. The van der Waals surface area contributed by atoms with Gasteiger partial charge in [-0.3, -0.25) is 0 Å². The lowest BCUT2D eigenvalue weighted by Crippen LogP contribution is -2.38. The predicted molar refractivity (Wildman–Crippen MR) is 95.5 cm³/mol. The maximum atomic E-state index is 6.07. The smallest absolute Gasteiger partial charge is 0.104 e. The molecule has 0 saturated carbocycles. The molecule has 5 nitrogen and oxygen atoms in total. The highest BCUT2D eigenvalue weighted by Crippen LogP contribution is 2.19. The van der Waals surface area contributed by atoms with Crippen LogP contribution in [0.1, 0.15) is 54.4 Å². The molecule has 24 heavy (non-hydrogen) atoms. The van der Waals surface area contributed by atoms with Crippen LogP contribution < -0.4 is 0 Å². The lowest BCUT2D eigenvalue weighted by molar-refractivity contribution is -0.133. The highest BCUT2D eigenvalue weighted by Gasteiger charge is 2.26. The molecule has 1 heterocycles. The first-order valence-corrected chi connectivity index (χ1v) is 9.29. The zero-order valence-electron chi connectivity index (χ0n) is 16.6. The van der Waals surface area contributed by atoms with E-state index in [9.17, 15) is 0 Å². The highest BCUT2D eigenvalue weighted by molar-refractivity contribution is 4.74. The molecule has 2 unspecified atom stereocenters. The van der Waals surface area contributed by atoms with Gasteiger partial charge in [0.1, 0.15) is 6.10 Å². The normalized spacial score (nSPS) is 19.5. The number of rotatable bonds is 15. The zero-order chi connectivity index (χ0) is 18.1. The summed E-state index contributed by atoms with van der Waals surface area (Å²) in [6, 6.07) is 0. The van der Waals surface area contributed by atoms with Gasteiger partial charge in [-0.25, -0.2) is 0 Å². The molecule has 1 aliphatic heterocycles. The van der Waals surface area contributed by atoms with Crippen molar-refractivity contribution in [1.82, 2.24) is 0 Å². The van der Waals surface area contributed by atoms with E-state index >= 15 is 0 Å². The SMILES string of the molecule is CCC(C)COCCC(C)(C)OCC(C)(C)OCCOCC1CO1. The van der Waals surface area contributed by atoms with E-state index in [1.54, 1.807) is 0 Å². The Bertz CT molecular complexity index is 326. The summed E-state index contributed by atoms with van der Waals surface area (Å²) < 4.78 is 28.3. The molecule has 5 heteroatoms. The van der Waals surface area contributed by atoms with Crippen LogP contribution in [0, 0.1) is 5.92 Å². The zero-order valence-corrected chi connectivity index (χ0v) is 16.6. The molecule has 0 aromatic rings. The molecule has 0 radical (unpaired) electrons. The van der Waals surface area contributed by atoms with Gasteiger partial charge in [-0.1, -0.05) is 20.3 Å². The fourth-order valence-electron chi connectivity index (χ4n) is 1.96. The van der Waals surface area contributed by atoms with E-state index in [0.717, 1.165) is 32.7 Å². The summed E-state index contributed by atoms with van der Waals surface area (Å²) in [6.45, 7) is 17.5. The Labute approximate surface area is 148 Å². The molecule has 1 saturated heterocycles. The van der Waals surface area contributed by atoms with Crippen LogP contribution >= 0.6 is 0 Å². The molecule has 0 bridgehead atoms. The summed E-state index contributed by atoms with van der Waals surface area (Å²) in [6.07, 6.45) is 2.34. The standard InChI is InChI=1S/C19H38O5/c1-7-16(2)12-20-9-8-18(3,4)24-15-19(5,6)23-11-10-21-13-17-14-22-17/h16-17H,7-15H2,1-6H3. The van der Waals surface area contributed by atoms with Crippen LogP contribution in [0.2, 0.25) is 0 Å². The van der Waals surface area contributed by atoms with Gasteiger partial charge in [-0.2, -0.15) is 0 Å². The molecule has 144 valence electrons. The van der Waals surface area contributed by atoms with Gasteiger partial charge in [0, 0.05) is 13.2 Å². The topological polar surface area (TPSA) is 49.5 Å². The van der Waals surface area contributed by atoms with Crippen molar-refractivity contribution in [2.24, 2.45) is 5.92 Å². The van der Waals surface area contributed by atoms with Gasteiger partial charge in [0.25, 0.3) is 0 Å². The molecule has 0 aromatic heterocycles. The third kappa shape index (κ3) is 11.4. The average molecular weight is 347 g/mol. The maximum Gasteiger partial charge on any atom is 0.104 e. The lowest BCUT2D eigenvalue weighted by atomic mass is 10.0.